The molecule has 3 heterocycles. The maximum Gasteiger partial charge on any atom is 0.151 e. The number of hydrogen-bond acceptors (Lipinski definition) is 5. The number of rotatable bonds is 3. The lowest BCUT2D eigenvalue weighted by Crippen LogP contribution is -2.54. The van der Waals surface area contributed by atoms with E-state index in [1.807, 2.05) is 15.9 Å². The largest absolute Gasteiger partial charge is 0.396 e. The molecule has 1 saturated heterocycles. The van der Waals surface area contributed by atoms with Gasteiger partial charge in [-0.05, 0) is 36.4 Å². The summed E-state index contributed by atoms with van der Waals surface area (Å²) in [6.07, 6.45) is 2.62. The molecular weight excluding hydrogens is 321 g/mol. The van der Waals surface area contributed by atoms with Crippen LogP contribution in [-0.4, -0.2) is 41.9 Å². The van der Waals surface area contributed by atoms with E-state index in [-0.39, 0.29) is 11.9 Å². The topological polar surface area (TPSA) is 78.2 Å². The van der Waals surface area contributed by atoms with E-state index in [9.17, 15) is 9.18 Å². The third-order valence-electron chi connectivity index (χ3n) is 4.57. The quantitative estimate of drug-likeness (QED) is 0.715. The summed E-state index contributed by atoms with van der Waals surface area (Å²) < 4.78 is 13.4. The summed E-state index contributed by atoms with van der Waals surface area (Å²) in [6, 6.07) is 9.73. The summed E-state index contributed by atoms with van der Waals surface area (Å²) in [7, 11) is 0. The lowest BCUT2D eigenvalue weighted by atomic mass is 10.1. The number of anilines is 3. The van der Waals surface area contributed by atoms with Gasteiger partial charge in [-0.1, -0.05) is 0 Å². The Morgan fingerprint density at radius 1 is 1.28 bits per heavy atom. The number of hydrogen-bond donors (Lipinski definition) is 2. The zero-order chi connectivity index (χ0) is 17.4. The monoisotopic (exact) mass is 339 g/mol. The number of halogens is 1. The third kappa shape index (κ3) is 2.77. The molecule has 0 bridgehead atoms. The molecule has 2 aromatic heterocycles. The predicted molar refractivity (Wildman–Crippen MR) is 96.3 cm³/mol. The van der Waals surface area contributed by atoms with Crippen LogP contribution < -0.4 is 15.5 Å². The van der Waals surface area contributed by atoms with E-state index in [4.69, 9.17) is 5.73 Å². The maximum atomic E-state index is 13.4. The van der Waals surface area contributed by atoms with Crippen LogP contribution in [0.3, 0.4) is 0 Å². The number of fused-ring (bicyclic) bond motifs is 1. The lowest BCUT2D eigenvalue weighted by Gasteiger charge is -2.40. The Morgan fingerprint density at radius 3 is 2.96 bits per heavy atom. The van der Waals surface area contributed by atoms with Gasteiger partial charge >= 0.3 is 0 Å². The fourth-order valence-electron chi connectivity index (χ4n) is 3.33. The van der Waals surface area contributed by atoms with Gasteiger partial charge in [-0.15, -0.1) is 0 Å². The second-order valence-electron chi connectivity index (χ2n) is 6.15. The zero-order valence-corrected chi connectivity index (χ0v) is 13.5. The van der Waals surface area contributed by atoms with Gasteiger partial charge in [0, 0.05) is 36.7 Å². The summed E-state index contributed by atoms with van der Waals surface area (Å²) in [5.41, 5.74) is 7.45. The fraction of sp³-hybridized carbons (Fsp3) is 0.222. The molecule has 0 spiro atoms. The first-order valence-corrected chi connectivity index (χ1v) is 8.11. The molecule has 0 amide bonds. The SMILES string of the molecule is Nc1cccnc1N1CCN(c2cc3cc(F)ccc3[nH]2)C(C=O)C1. The Kier molecular flexibility index (Phi) is 3.76. The number of aromatic nitrogens is 2. The highest BCUT2D eigenvalue weighted by atomic mass is 19.1. The van der Waals surface area contributed by atoms with E-state index >= 15 is 0 Å². The van der Waals surface area contributed by atoms with Crippen molar-refractivity contribution >= 4 is 34.5 Å². The Hall–Kier alpha value is -3.09. The van der Waals surface area contributed by atoms with E-state index in [1.165, 1.54) is 12.1 Å². The highest BCUT2D eigenvalue weighted by Gasteiger charge is 2.29. The van der Waals surface area contributed by atoms with E-state index in [0.29, 0.717) is 31.1 Å². The Labute approximate surface area is 144 Å². The van der Waals surface area contributed by atoms with Crippen LogP contribution in [0.25, 0.3) is 10.9 Å². The van der Waals surface area contributed by atoms with Crippen molar-refractivity contribution in [2.24, 2.45) is 0 Å². The standard InChI is InChI=1S/C18H18FN5O/c19-13-3-4-16-12(8-13)9-17(22-16)24-7-6-23(10-14(24)11-25)18-15(20)2-1-5-21-18/h1-5,8-9,11,14,22H,6-7,10,20H2. The number of carbonyl (C=O) groups excluding carboxylic acids is 1. The second-order valence-corrected chi connectivity index (χ2v) is 6.15. The Bertz CT molecular complexity index is 925. The van der Waals surface area contributed by atoms with Crippen LogP contribution in [0, 0.1) is 5.82 Å². The predicted octanol–water partition coefficient (Wildman–Crippen LogP) is 2.18. The van der Waals surface area contributed by atoms with Gasteiger partial charge in [0.25, 0.3) is 0 Å². The molecule has 7 heteroatoms. The molecule has 6 nitrogen and oxygen atoms in total. The molecule has 128 valence electrons. The summed E-state index contributed by atoms with van der Waals surface area (Å²) >= 11 is 0. The van der Waals surface area contributed by atoms with Gasteiger partial charge in [0.2, 0.25) is 0 Å². The highest BCUT2D eigenvalue weighted by molar-refractivity contribution is 5.85. The Balaban J connectivity index is 1.61. The van der Waals surface area contributed by atoms with Crippen molar-refractivity contribution in [3.8, 4) is 0 Å². The van der Waals surface area contributed by atoms with Crippen LogP contribution in [0.1, 0.15) is 0 Å². The van der Waals surface area contributed by atoms with Crippen LogP contribution in [0.4, 0.5) is 21.7 Å². The number of aromatic amines is 1. The summed E-state index contributed by atoms with van der Waals surface area (Å²) in [4.78, 5) is 23.3. The highest BCUT2D eigenvalue weighted by Crippen LogP contribution is 2.28. The van der Waals surface area contributed by atoms with Gasteiger partial charge in [-0.3, -0.25) is 0 Å². The molecule has 0 aliphatic carbocycles. The van der Waals surface area contributed by atoms with Gasteiger partial charge in [0.1, 0.15) is 24.0 Å². The summed E-state index contributed by atoms with van der Waals surface area (Å²) in [6.45, 7) is 1.82. The van der Waals surface area contributed by atoms with Gasteiger partial charge < -0.3 is 25.3 Å². The number of H-pyrrole nitrogens is 1. The van der Waals surface area contributed by atoms with Crippen LogP contribution in [0.2, 0.25) is 0 Å². The second kappa shape index (κ2) is 6.08. The van der Waals surface area contributed by atoms with E-state index < -0.39 is 0 Å². The third-order valence-corrected chi connectivity index (χ3v) is 4.57. The molecule has 0 radical (unpaired) electrons. The molecule has 4 rings (SSSR count). The first-order valence-electron chi connectivity index (χ1n) is 8.11. The fourth-order valence-corrected chi connectivity index (χ4v) is 3.33. The van der Waals surface area contributed by atoms with Crippen LogP contribution in [-0.2, 0) is 4.79 Å². The van der Waals surface area contributed by atoms with Crippen molar-refractivity contribution < 1.29 is 9.18 Å². The molecular formula is C18H18FN5O. The molecule has 1 aliphatic rings. The normalized spacial score (nSPS) is 17.9. The molecule has 3 N–H and O–H groups in total. The molecule has 1 aromatic carbocycles. The number of nitrogen functional groups attached to an aromatic ring is 1. The molecule has 1 fully saturated rings. The van der Waals surface area contributed by atoms with Gasteiger partial charge in [0.05, 0.1) is 5.69 Å². The number of carbonyl (C=O) groups is 1. The first kappa shape index (κ1) is 15.4. The number of pyridine rings is 1. The van der Waals surface area contributed by atoms with Crippen LogP contribution in [0.5, 0.6) is 0 Å². The molecule has 3 aromatic rings. The number of nitrogens with one attached hydrogen (secondary N) is 1. The summed E-state index contributed by atoms with van der Waals surface area (Å²) in [5.74, 6) is 1.24. The zero-order valence-electron chi connectivity index (χ0n) is 13.5. The average molecular weight is 339 g/mol. The Morgan fingerprint density at radius 2 is 2.16 bits per heavy atom. The number of nitrogens with zero attached hydrogens (tertiary/aromatic N) is 3. The van der Waals surface area contributed by atoms with E-state index in [0.717, 1.165) is 23.0 Å². The van der Waals surface area contributed by atoms with Crippen molar-refractivity contribution in [2.45, 2.75) is 6.04 Å². The maximum absolute atomic E-state index is 13.4. The molecule has 1 unspecified atom stereocenters. The van der Waals surface area contributed by atoms with E-state index in [2.05, 4.69) is 9.97 Å². The van der Waals surface area contributed by atoms with Crippen LogP contribution >= 0.6 is 0 Å². The van der Waals surface area contributed by atoms with Crippen molar-refractivity contribution in [1.29, 1.82) is 0 Å². The lowest BCUT2D eigenvalue weighted by molar-refractivity contribution is -0.109. The van der Waals surface area contributed by atoms with Crippen molar-refractivity contribution in [3.05, 3.63) is 48.4 Å². The average Bonchev–Trinajstić information content (AvgIpc) is 3.04. The number of nitrogens with two attached hydrogens (primary N) is 1. The van der Waals surface area contributed by atoms with Crippen molar-refractivity contribution in [3.63, 3.8) is 0 Å². The van der Waals surface area contributed by atoms with Crippen LogP contribution in [0.15, 0.2) is 42.6 Å². The number of aldehydes is 1. The van der Waals surface area contributed by atoms with Gasteiger partial charge in [-0.2, -0.15) is 0 Å². The number of piperazine rings is 1. The first-order chi connectivity index (χ1) is 12.2. The van der Waals surface area contributed by atoms with E-state index in [1.54, 1.807) is 24.4 Å². The molecule has 1 aliphatic heterocycles. The molecule has 0 saturated carbocycles. The molecule has 25 heavy (non-hydrogen) atoms. The minimum absolute atomic E-state index is 0.277. The van der Waals surface area contributed by atoms with Crippen molar-refractivity contribution in [2.75, 3.05) is 35.2 Å². The van der Waals surface area contributed by atoms with Gasteiger partial charge in [0.15, 0.2) is 5.82 Å². The van der Waals surface area contributed by atoms with Gasteiger partial charge in [-0.25, -0.2) is 9.37 Å². The smallest absolute Gasteiger partial charge is 0.151 e. The molecule has 1 atom stereocenters. The minimum atomic E-state index is -0.340. The minimum Gasteiger partial charge on any atom is -0.396 e. The van der Waals surface area contributed by atoms with Crippen molar-refractivity contribution in [1.82, 2.24) is 9.97 Å². The summed E-state index contributed by atoms with van der Waals surface area (Å²) in [5, 5.41) is 0.788. The number of benzene rings is 1.